The number of nitrogens with zero attached hydrogens (tertiary/aromatic N) is 3. The van der Waals surface area contributed by atoms with E-state index in [2.05, 4.69) is 19.9 Å². The van der Waals surface area contributed by atoms with Crippen molar-refractivity contribution in [2.24, 2.45) is 10.7 Å². The lowest BCUT2D eigenvalue weighted by Gasteiger charge is -2.27. The van der Waals surface area contributed by atoms with Gasteiger partial charge in [-0.3, -0.25) is 20.5 Å². The molecule has 1 unspecified atom stereocenters. The van der Waals surface area contributed by atoms with Crippen molar-refractivity contribution >= 4 is 11.7 Å². The summed E-state index contributed by atoms with van der Waals surface area (Å²) in [5.74, 6) is -0.773. The van der Waals surface area contributed by atoms with Gasteiger partial charge in [0.05, 0.1) is 12.6 Å². The first-order valence-electron chi connectivity index (χ1n) is 7.58. The van der Waals surface area contributed by atoms with Crippen molar-refractivity contribution in [2.75, 3.05) is 6.61 Å². The standard InChI is InChI=1S/C15H16FN5O4/c16-9-4-3-8-6-11(10(8)7-9)18-14(19-23)13-15(21-25-20-13)24-5-1-2-12(17)22/h3-4,7,11,23H,1-2,5-6H2,(H2,17,22)(H,18,19). The second-order valence-electron chi connectivity index (χ2n) is 5.49. The summed E-state index contributed by atoms with van der Waals surface area (Å²) in [7, 11) is 0. The van der Waals surface area contributed by atoms with Gasteiger partial charge in [-0.2, -0.15) is 0 Å². The molecule has 0 fully saturated rings. The van der Waals surface area contributed by atoms with Crippen molar-refractivity contribution in [3.63, 3.8) is 0 Å². The van der Waals surface area contributed by atoms with Gasteiger partial charge in [0.15, 0.2) is 5.84 Å². The van der Waals surface area contributed by atoms with Gasteiger partial charge >= 0.3 is 0 Å². The maximum Gasteiger partial charge on any atom is 0.287 e. The molecule has 1 atom stereocenters. The van der Waals surface area contributed by atoms with E-state index in [9.17, 15) is 14.4 Å². The summed E-state index contributed by atoms with van der Waals surface area (Å²) in [5.41, 5.74) is 8.80. The molecule has 0 bridgehead atoms. The molecule has 1 aromatic heterocycles. The van der Waals surface area contributed by atoms with E-state index in [-0.39, 0.29) is 42.3 Å². The van der Waals surface area contributed by atoms with Gasteiger partial charge in [0.1, 0.15) is 5.82 Å². The zero-order chi connectivity index (χ0) is 17.8. The summed E-state index contributed by atoms with van der Waals surface area (Å²) >= 11 is 0. The Morgan fingerprint density at radius 1 is 1.52 bits per heavy atom. The molecule has 2 aromatic rings. The van der Waals surface area contributed by atoms with Crippen LogP contribution in [0, 0.1) is 5.82 Å². The highest BCUT2D eigenvalue weighted by Gasteiger charge is 2.28. The monoisotopic (exact) mass is 349 g/mol. The van der Waals surface area contributed by atoms with Gasteiger partial charge in [0.25, 0.3) is 5.88 Å². The van der Waals surface area contributed by atoms with Crippen LogP contribution in [-0.2, 0) is 11.2 Å². The van der Waals surface area contributed by atoms with E-state index in [1.165, 1.54) is 12.1 Å². The number of halogens is 1. The fourth-order valence-corrected chi connectivity index (χ4v) is 2.50. The molecule has 3 rings (SSSR count). The van der Waals surface area contributed by atoms with Crippen molar-refractivity contribution in [1.29, 1.82) is 0 Å². The van der Waals surface area contributed by atoms with Gasteiger partial charge in [0, 0.05) is 6.42 Å². The van der Waals surface area contributed by atoms with Gasteiger partial charge in [-0.25, -0.2) is 9.02 Å². The summed E-state index contributed by atoms with van der Waals surface area (Å²) in [4.78, 5) is 15.0. The number of amidine groups is 1. The van der Waals surface area contributed by atoms with Crippen LogP contribution in [0.4, 0.5) is 4.39 Å². The second kappa shape index (κ2) is 7.26. The van der Waals surface area contributed by atoms with Crippen molar-refractivity contribution in [2.45, 2.75) is 25.3 Å². The maximum absolute atomic E-state index is 13.3. The number of aromatic nitrogens is 2. The normalized spacial score (nSPS) is 16.1. The number of nitrogens with two attached hydrogens (primary N) is 1. The number of rotatable bonds is 7. The lowest BCUT2D eigenvalue weighted by atomic mass is 9.83. The van der Waals surface area contributed by atoms with Crippen LogP contribution in [0.2, 0.25) is 0 Å². The smallest absolute Gasteiger partial charge is 0.287 e. The van der Waals surface area contributed by atoms with Crippen LogP contribution in [0.15, 0.2) is 27.8 Å². The quantitative estimate of drug-likeness (QED) is 0.292. The molecule has 132 valence electrons. The molecule has 9 nitrogen and oxygen atoms in total. The van der Waals surface area contributed by atoms with Crippen molar-refractivity contribution in [1.82, 2.24) is 15.8 Å². The largest absolute Gasteiger partial charge is 0.474 e. The molecule has 0 spiro atoms. The maximum atomic E-state index is 13.3. The number of ether oxygens (including phenoxy) is 1. The third-order valence-corrected chi connectivity index (χ3v) is 3.76. The molecule has 0 saturated carbocycles. The number of nitrogens with one attached hydrogen (secondary N) is 1. The highest BCUT2D eigenvalue weighted by molar-refractivity contribution is 5.98. The van der Waals surface area contributed by atoms with Crippen LogP contribution >= 0.6 is 0 Å². The zero-order valence-corrected chi connectivity index (χ0v) is 13.1. The Kier molecular flexibility index (Phi) is 4.89. The average molecular weight is 349 g/mol. The highest BCUT2D eigenvalue weighted by atomic mass is 19.1. The van der Waals surface area contributed by atoms with E-state index in [0.29, 0.717) is 12.8 Å². The Hall–Kier alpha value is -3.01. The van der Waals surface area contributed by atoms with E-state index >= 15 is 0 Å². The van der Waals surface area contributed by atoms with Crippen LogP contribution in [-0.4, -0.2) is 33.9 Å². The lowest BCUT2D eigenvalue weighted by Crippen LogP contribution is -2.26. The summed E-state index contributed by atoms with van der Waals surface area (Å²) in [6.07, 6.45) is 1.18. The van der Waals surface area contributed by atoms with Gasteiger partial charge in [-0.05, 0) is 46.4 Å². The van der Waals surface area contributed by atoms with Gasteiger partial charge in [-0.15, -0.1) is 0 Å². The topological polar surface area (TPSA) is 136 Å². The third kappa shape index (κ3) is 3.74. The average Bonchev–Trinajstić information content (AvgIpc) is 3.03. The summed E-state index contributed by atoms with van der Waals surface area (Å²) in [6, 6.07) is 4.18. The minimum atomic E-state index is -0.433. The van der Waals surface area contributed by atoms with E-state index < -0.39 is 5.91 Å². The van der Waals surface area contributed by atoms with E-state index in [4.69, 9.17) is 10.5 Å². The minimum Gasteiger partial charge on any atom is -0.474 e. The first-order valence-corrected chi connectivity index (χ1v) is 7.58. The Bertz CT molecular complexity index is 807. The number of benzene rings is 1. The number of amides is 1. The Morgan fingerprint density at radius 2 is 2.36 bits per heavy atom. The van der Waals surface area contributed by atoms with Crippen LogP contribution < -0.4 is 16.0 Å². The van der Waals surface area contributed by atoms with Crippen molar-refractivity contribution in [3.05, 3.63) is 40.8 Å². The molecule has 0 radical (unpaired) electrons. The fourth-order valence-electron chi connectivity index (χ4n) is 2.50. The molecular weight excluding hydrogens is 333 g/mol. The zero-order valence-electron chi connectivity index (χ0n) is 13.1. The molecule has 4 N–H and O–H groups in total. The number of hydrogen-bond acceptors (Lipinski definition) is 7. The number of primary amides is 1. The number of carbonyl (C=O) groups excluding carboxylic acids is 1. The number of aliphatic imine (C=N–C) groups is 1. The molecule has 1 aliphatic carbocycles. The first-order chi connectivity index (χ1) is 12.1. The van der Waals surface area contributed by atoms with Gasteiger partial charge in [0.2, 0.25) is 11.6 Å². The Balaban J connectivity index is 1.72. The number of hydrogen-bond donors (Lipinski definition) is 3. The third-order valence-electron chi connectivity index (χ3n) is 3.76. The number of hydroxylamine groups is 1. The predicted octanol–water partition coefficient (Wildman–Crippen LogP) is 0.876. The molecule has 10 heteroatoms. The number of fused-ring (bicyclic) bond motifs is 1. The molecule has 25 heavy (non-hydrogen) atoms. The predicted molar refractivity (Wildman–Crippen MR) is 82.5 cm³/mol. The lowest BCUT2D eigenvalue weighted by molar-refractivity contribution is -0.118. The first kappa shape index (κ1) is 16.8. The fraction of sp³-hybridized carbons (Fsp3) is 0.333. The van der Waals surface area contributed by atoms with Crippen LogP contribution in [0.25, 0.3) is 0 Å². The van der Waals surface area contributed by atoms with Crippen LogP contribution in [0.5, 0.6) is 5.88 Å². The molecule has 1 heterocycles. The van der Waals surface area contributed by atoms with Gasteiger partial charge < -0.3 is 10.5 Å². The number of carbonyl (C=O) groups is 1. The SMILES string of the molecule is NC(=O)CCCOc1nonc1C(=NC1Cc2ccc(F)cc21)NO. The summed E-state index contributed by atoms with van der Waals surface area (Å²) in [5, 5.41) is 16.6. The van der Waals surface area contributed by atoms with Crippen LogP contribution in [0.1, 0.15) is 35.7 Å². The minimum absolute atomic E-state index is 0.00828. The van der Waals surface area contributed by atoms with E-state index in [1.54, 1.807) is 6.07 Å². The van der Waals surface area contributed by atoms with Crippen molar-refractivity contribution < 1.29 is 23.8 Å². The van der Waals surface area contributed by atoms with Crippen molar-refractivity contribution in [3.8, 4) is 5.88 Å². The summed E-state index contributed by atoms with van der Waals surface area (Å²) < 4.78 is 23.3. The molecular formula is C15H16FN5O4. The molecule has 1 aromatic carbocycles. The Morgan fingerprint density at radius 3 is 3.12 bits per heavy atom. The second-order valence-corrected chi connectivity index (χ2v) is 5.49. The molecule has 0 saturated heterocycles. The van der Waals surface area contributed by atoms with Crippen LogP contribution in [0.3, 0.4) is 0 Å². The Labute approximate surface area is 141 Å². The molecule has 1 amide bonds. The van der Waals surface area contributed by atoms with E-state index in [0.717, 1.165) is 11.1 Å². The molecule has 1 aliphatic rings. The van der Waals surface area contributed by atoms with E-state index in [1.807, 2.05) is 5.48 Å². The summed E-state index contributed by atoms with van der Waals surface area (Å²) in [6.45, 7) is 0.167. The molecule has 0 aliphatic heterocycles. The highest BCUT2D eigenvalue weighted by Crippen LogP contribution is 2.37. The van der Waals surface area contributed by atoms with Gasteiger partial charge in [-0.1, -0.05) is 6.07 Å².